The Morgan fingerprint density at radius 3 is 2.78 bits per heavy atom. The molecule has 1 aliphatic heterocycles. The van der Waals surface area contributed by atoms with Crippen molar-refractivity contribution in [3.8, 4) is 0 Å². The van der Waals surface area contributed by atoms with Gasteiger partial charge in [-0.3, -0.25) is 4.72 Å². The Morgan fingerprint density at radius 2 is 1.97 bits per heavy atom. The van der Waals surface area contributed by atoms with E-state index in [1.54, 1.807) is 12.1 Å². The van der Waals surface area contributed by atoms with Gasteiger partial charge in [0.25, 0.3) is 0 Å². The molecule has 0 amide bonds. The summed E-state index contributed by atoms with van der Waals surface area (Å²) in [5, 5.41) is 10.1. The maximum absolute atomic E-state index is 11.6. The third-order valence-electron chi connectivity index (χ3n) is 4.85. The molecule has 0 bridgehead atoms. The number of rotatable bonds is 7. The molecule has 0 fully saturated rings. The van der Waals surface area contributed by atoms with E-state index in [4.69, 9.17) is 11.6 Å². The summed E-state index contributed by atoms with van der Waals surface area (Å²) in [7, 11) is -3.38. The van der Waals surface area contributed by atoms with E-state index in [-0.39, 0.29) is 12.4 Å². The first-order valence-electron chi connectivity index (χ1n) is 9.79. The van der Waals surface area contributed by atoms with Crippen molar-refractivity contribution in [3.05, 3.63) is 70.4 Å². The molecule has 8 nitrogen and oxygen atoms in total. The molecule has 11 heteroatoms. The van der Waals surface area contributed by atoms with Crippen LogP contribution in [0.5, 0.6) is 0 Å². The van der Waals surface area contributed by atoms with E-state index in [1.165, 1.54) is 17.3 Å². The number of aromatic nitrogens is 2. The van der Waals surface area contributed by atoms with Crippen molar-refractivity contribution in [1.29, 1.82) is 0 Å². The highest BCUT2D eigenvalue weighted by Crippen LogP contribution is 2.25. The number of fused-ring (bicyclic) bond motifs is 1. The van der Waals surface area contributed by atoms with Gasteiger partial charge in [0.1, 0.15) is 5.02 Å². The molecule has 0 spiro atoms. The minimum Gasteiger partial charge on any atom is -0.365 e. The molecule has 2 aromatic carbocycles. The monoisotopic (exact) mass is 494 g/mol. The first kappa shape index (κ1) is 24.1. The zero-order valence-electron chi connectivity index (χ0n) is 17.4. The van der Waals surface area contributed by atoms with E-state index in [1.807, 2.05) is 18.2 Å². The van der Waals surface area contributed by atoms with Crippen molar-refractivity contribution in [2.45, 2.75) is 19.5 Å². The Bertz CT molecular complexity index is 1210. The van der Waals surface area contributed by atoms with Gasteiger partial charge in [0.05, 0.1) is 18.1 Å². The Labute approximate surface area is 198 Å². The molecule has 3 aromatic rings. The lowest BCUT2D eigenvalue weighted by molar-refractivity contribution is 0.606. The van der Waals surface area contributed by atoms with Gasteiger partial charge < -0.3 is 16.0 Å². The molecule has 0 saturated carbocycles. The van der Waals surface area contributed by atoms with Crippen molar-refractivity contribution in [2.24, 2.45) is 0 Å². The van der Waals surface area contributed by atoms with E-state index in [9.17, 15) is 8.42 Å². The fourth-order valence-corrected chi connectivity index (χ4v) is 4.14. The predicted molar refractivity (Wildman–Crippen MR) is 132 cm³/mol. The van der Waals surface area contributed by atoms with Crippen LogP contribution in [0, 0.1) is 0 Å². The second kappa shape index (κ2) is 10.4. The highest BCUT2D eigenvalue weighted by Gasteiger charge is 2.12. The maximum atomic E-state index is 11.6. The van der Waals surface area contributed by atoms with Crippen LogP contribution in [0.2, 0.25) is 5.02 Å². The topological polar surface area (TPSA) is 108 Å². The zero-order valence-corrected chi connectivity index (χ0v) is 19.7. The van der Waals surface area contributed by atoms with Gasteiger partial charge >= 0.3 is 0 Å². The molecule has 0 radical (unpaired) electrons. The average Bonchev–Trinajstić information content (AvgIpc) is 2.74. The predicted octanol–water partition coefficient (Wildman–Crippen LogP) is 3.92. The first-order chi connectivity index (χ1) is 14.9. The number of hydrogen-bond acceptors (Lipinski definition) is 7. The van der Waals surface area contributed by atoms with Crippen molar-refractivity contribution < 1.29 is 8.42 Å². The number of anilines is 4. The van der Waals surface area contributed by atoms with Gasteiger partial charge in [-0.2, -0.15) is 4.98 Å². The van der Waals surface area contributed by atoms with Gasteiger partial charge in [0.15, 0.2) is 5.82 Å². The molecule has 4 rings (SSSR count). The number of para-hydroxylation sites is 1. The molecule has 2 heterocycles. The number of nitrogens with zero attached hydrogens (tertiary/aromatic N) is 2. The lowest BCUT2D eigenvalue weighted by Gasteiger charge is -2.18. The summed E-state index contributed by atoms with van der Waals surface area (Å²) >= 11 is 6.27. The summed E-state index contributed by atoms with van der Waals surface area (Å²) in [4.78, 5) is 8.75. The molecule has 170 valence electrons. The first-order valence-corrected chi connectivity index (χ1v) is 12.1. The number of hydrogen-bond donors (Lipinski definition) is 4. The Morgan fingerprint density at radius 1 is 1.16 bits per heavy atom. The zero-order chi connectivity index (χ0) is 21.8. The smallest absolute Gasteiger partial charge is 0.229 e. The highest BCUT2D eigenvalue weighted by atomic mass is 35.5. The fraction of sp³-hybridized carbons (Fsp3) is 0.238. The van der Waals surface area contributed by atoms with Gasteiger partial charge in [-0.25, -0.2) is 13.4 Å². The van der Waals surface area contributed by atoms with Crippen LogP contribution in [0.25, 0.3) is 0 Å². The normalized spacial score (nSPS) is 12.9. The van der Waals surface area contributed by atoms with Gasteiger partial charge in [-0.05, 0) is 47.9 Å². The second-order valence-electron chi connectivity index (χ2n) is 7.31. The average molecular weight is 495 g/mol. The molecule has 1 aromatic heterocycles. The van der Waals surface area contributed by atoms with Crippen molar-refractivity contribution in [1.82, 2.24) is 15.3 Å². The second-order valence-corrected chi connectivity index (χ2v) is 9.47. The summed E-state index contributed by atoms with van der Waals surface area (Å²) in [6, 6.07) is 13.4. The Hall–Kier alpha value is -2.59. The Kier molecular flexibility index (Phi) is 7.78. The van der Waals surface area contributed by atoms with Crippen LogP contribution >= 0.6 is 24.0 Å². The summed E-state index contributed by atoms with van der Waals surface area (Å²) < 4.78 is 25.7. The van der Waals surface area contributed by atoms with Crippen LogP contribution in [0.4, 0.5) is 23.1 Å². The third kappa shape index (κ3) is 6.23. The molecule has 32 heavy (non-hydrogen) atoms. The Balaban J connectivity index is 0.00000289. The van der Waals surface area contributed by atoms with E-state index < -0.39 is 10.0 Å². The third-order valence-corrected chi connectivity index (χ3v) is 5.72. The molecule has 4 N–H and O–H groups in total. The number of benzene rings is 2. The van der Waals surface area contributed by atoms with Gasteiger partial charge in [-0.15, -0.1) is 12.4 Å². The molecular weight excluding hydrogens is 471 g/mol. The quantitative estimate of drug-likeness (QED) is 0.394. The SMILES string of the molecule is CS(=O)(=O)Nc1ccccc1CNc1nc(Nc2ccc3c(c2)CCNC3)ncc1Cl.Cl. The van der Waals surface area contributed by atoms with E-state index >= 15 is 0 Å². The van der Waals surface area contributed by atoms with Gasteiger partial charge in [-0.1, -0.05) is 35.9 Å². The fourth-order valence-electron chi connectivity index (χ4n) is 3.39. The molecular formula is C21H24Cl2N6O2S. The lowest BCUT2D eigenvalue weighted by Crippen LogP contribution is -2.23. The summed E-state index contributed by atoms with van der Waals surface area (Å²) in [5.41, 5.74) is 4.80. The minimum absolute atomic E-state index is 0. The standard InChI is InChI=1S/C21H23ClN6O2S.ClH/c1-31(29,30)28-19-5-3-2-4-16(19)12-24-20-18(22)13-25-21(27-20)26-17-7-6-15-11-23-9-8-14(15)10-17;/h2-7,10,13,23,28H,8-9,11-12H2,1H3,(H2,24,25,26,27);1H. The van der Waals surface area contributed by atoms with E-state index in [2.05, 4.69) is 42.8 Å². The largest absolute Gasteiger partial charge is 0.365 e. The van der Waals surface area contributed by atoms with Crippen LogP contribution < -0.4 is 20.7 Å². The van der Waals surface area contributed by atoms with Crippen LogP contribution in [0.3, 0.4) is 0 Å². The van der Waals surface area contributed by atoms with E-state index in [0.29, 0.717) is 29.0 Å². The molecule has 0 aliphatic carbocycles. The maximum Gasteiger partial charge on any atom is 0.229 e. The summed E-state index contributed by atoms with van der Waals surface area (Å²) in [6.45, 7) is 2.19. The van der Waals surface area contributed by atoms with Crippen LogP contribution in [-0.2, 0) is 29.5 Å². The van der Waals surface area contributed by atoms with Crippen molar-refractivity contribution in [3.63, 3.8) is 0 Å². The molecule has 0 atom stereocenters. The van der Waals surface area contributed by atoms with Crippen molar-refractivity contribution >= 4 is 57.2 Å². The number of halogens is 2. The molecule has 0 saturated heterocycles. The van der Waals surface area contributed by atoms with Gasteiger partial charge in [0, 0.05) is 18.8 Å². The summed E-state index contributed by atoms with van der Waals surface area (Å²) in [5.74, 6) is 0.874. The van der Waals surface area contributed by atoms with Gasteiger partial charge in [0.2, 0.25) is 16.0 Å². The number of nitrogens with one attached hydrogen (secondary N) is 4. The van der Waals surface area contributed by atoms with E-state index in [0.717, 1.165) is 37.0 Å². The number of sulfonamides is 1. The lowest BCUT2D eigenvalue weighted by atomic mass is 10.0. The van der Waals surface area contributed by atoms with Crippen LogP contribution in [0.1, 0.15) is 16.7 Å². The van der Waals surface area contributed by atoms with Crippen LogP contribution in [0.15, 0.2) is 48.7 Å². The van der Waals surface area contributed by atoms with Crippen molar-refractivity contribution in [2.75, 3.05) is 28.2 Å². The minimum atomic E-state index is -3.38. The molecule has 1 aliphatic rings. The molecule has 0 unspecified atom stereocenters. The summed E-state index contributed by atoms with van der Waals surface area (Å²) in [6.07, 6.45) is 3.63. The van der Waals surface area contributed by atoms with Crippen LogP contribution in [-0.4, -0.2) is 31.2 Å². The highest BCUT2D eigenvalue weighted by molar-refractivity contribution is 7.92.